The van der Waals surface area contributed by atoms with Gasteiger partial charge in [0.05, 0.1) is 11.9 Å². The molecule has 1 amide bonds. The zero-order chi connectivity index (χ0) is 15.0. The van der Waals surface area contributed by atoms with Crippen molar-refractivity contribution >= 4 is 35.0 Å². The van der Waals surface area contributed by atoms with E-state index in [9.17, 15) is 4.79 Å². The van der Waals surface area contributed by atoms with Crippen molar-refractivity contribution in [2.45, 2.75) is 6.92 Å². The molecule has 1 aliphatic heterocycles. The van der Waals surface area contributed by atoms with Gasteiger partial charge >= 0.3 is 0 Å². The number of aromatic nitrogens is 2. The van der Waals surface area contributed by atoms with E-state index in [1.165, 1.54) is 4.90 Å². The summed E-state index contributed by atoms with van der Waals surface area (Å²) >= 11 is 5.29. The highest BCUT2D eigenvalue weighted by molar-refractivity contribution is 7.80. The first kappa shape index (κ1) is 13.5. The fraction of sp³-hybridized carbons (Fsp3) is 0.133. The highest BCUT2D eigenvalue weighted by Gasteiger charge is 2.32. The Morgan fingerprint density at radius 3 is 2.76 bits per heavy atom. The molecule has 1 saturated heterocycles. The molecule has 0 spiro atoms. The molecule has 0 unspecified atom stereocenters. The van der Waals surface area contributed by atoms with Gasteiger partial charge in [0, 0.05) is 18.8 Å². The molecular formula is C15H14N4OS. The average molecular weight is 298 g/mol. The summed E-state index contributed by atoms with van der Waals surface area (Å²) < 4.78 is 1.68. The second kappa shape index (κ2) is 5.14. The molecule has 3 rings (SSSR count). The number of hydrogen-bond donors (Lipinski definition) is 1. The number of amides is 1. The van der Waals surface area contributed by atoms with Crippen molar-refractivity contribution in [2.24, 2.45) is 7.05 Å². The van der Waals surface area contributed by atoms with Crippen molar-refractivity contribution in [2.75, 3.05) is 4.90 Å². The van der Waals surface area contributed by atoms with Gasteiger partial charge in [-0.1, -0.05) is 18.2 Å². The van der Waals surface area contributed by atoms with Gasteiger partial charge in [0.25, 0.3) is 5.91 Å². The molecule has 1 aliphatic rings. The highest BCUT2D eigenvalue weighted by atomic mass is 32.1. The number of thiocarbonyl (C=S) groups is 1. The molecule has 0 bridgehead atoms. The van der Waals surface area contributed by atoms with Gasteiger partial charge in [0.1, 0.15) is 5.70 Å². The Bertz CT molecular complexity index is 763. The zero-order valence-electron chi connectivity index (χ0n) is 11.7. The van der Waals surface area contributed by atoms with Gasteiger partial charge in [0.2, 0.25) is 0 Å². The molecule has 1 aromatic heterocycles. The predicted molar refractivity (Wildman–Crippen MR) is 85.6 cm³/mol. The van der Waals surface area contributed by atoms with Crippen LogP contribution in [0.25, 0.3) is 6.08 Å². The van der Waals surface area contributed by atoms with Crippen molar-refractivity contribution < 1.29 is 4.79 Å². The second-order valence-corrected chi connectivity index (χ2v) is 5.25. The normalized spacial score (nSPS) is 16.7. The lowest BCUT2D eigenvalue weighted by Gasteiger charge is -2.16. The van der Waals surface area contributed by atoms with Crippen LogP contribution in [-0.4, -0.2) is 20.8 Å². The van der Waals surface area contributed by atoms with E-state index in [0.717, 1.165) is 16.8 Å². The highest BCUT2D eigenvalue weighted by Crippen LogP contribution is 2.25. The van der Waals surface area contributed by atoms with E-state index in [0.29, 0.717) is 10.8 Å². The molecule has 1 fully saturated rings. The molecule has 0 saturated carbocycles. The third kappa shape index (κ3) is 2.45. The number of carbonyl (C=O) groups excluding carboxylic acids is 1. The number of rotatable bonds is 2. The summed E-state index contributed by atoms with van der Waals surface area (Å²) in [7, 11) is 1.83. The van der Waals surface area contributed by atoms with E-state index in [1.807, 2.05) is 44.4 Å². The maximum atomic E-state index is 12.6. The molecule has 21 heavy (non-hydrogen) atoms. The number of carbonyl (C=O) groups is 1. The van der Waals surface area contributed by atoms with Gasteiger partial charge in [-0.2, -0.15) is 5.10 Å². The molecule has 0 radical (unpaired) electrons. The number of anilines is 1. The quantitative estimate of drug-likeness (QED) is 0.680. The van der Waals surface area contributed by atoms with Gasteiger partial charge in [-0.15, -0.1) is 0 Å². The number of benzene rings is 1. The fourth-order valence-electron chi connectivity index (χ4n) is 2.25. The van der Waals surface area contributed by atoms with E-state index in [1.54, 1.807) is 17.0 Å². The van der Waals surface area contributed by atoms with Gasteiger partial charge in [0.15, 0.2) is 5.11 Å². The summed E-state index contributed by atoms with van der Waals surface area (Å²) in [6.07, 6.45) is 5.28. The molecule has 106 valence electrons. The van der Waals surface area contributed by atoms with Gasteiger partial charge < -0.3 is 5.32 Å². The third-order valence-electron chi connectivity index (χ3n) is 3.27. The molecule has 1 N–H and O–H groups in total. The molecular weight excluding hydrogens is 284 g/mol. The molecule has 0 aliphatic carbocycles. The average Bonchev–Trinajstić information content (AvgIpc) is 2.96. The minimum atomic E-state index is -0.154. The number of nitrogens with one attached hydrogen (secondary N) is 1. The minimum absolute atomic E-state index is 0.154. The Morgan fingerprint density at radius 2 is 2.10 bits per heavy atom. The lowest BCUT2D eigenvalue weighted by atomic mass is 10.2. The predicted octanol–water partition coefficient (Wildman–Crippen LogP) is 1.99. The Hall–Kier alpha value is -2.47. The number of para-hydroxylation sites is 1. The topological polar surface area (TPSA) is 50.2 Å². The minimum Gasteiger partial charge on any atom is -0.327 e. The van der Waals surface area contributed by atoms with Crippen molar-refractivity contribution in [3.8, 4) is 0 Å². The summed E-state index contributed by atoms with van der Waals surface area (Å²) in [5.41, 5.74) is 3.10. The smallest absolute Gasteiger partial charge is 0.281 e. The maximum Gasteiger partial charge on any atom is 0.281 e. The molecule has 1 aromatic carbocycles. The standard InChI is InChI=1S/C15H14N4OS/c1-10-5-3-4-6-13(10)19-14(20)12(17-15(19)21)7-11-8-16-18(2)9-11/h3-9H,1-2H3,(H,17,21). The maximum absolute atomic E-state index is 12.6. The van der Waals surface area contributed by atoms with E-state index in [2.05, 4.69) is 10.4 Å². The van der Waals surface area contributed by atoms with Crippen molar-refractivity contribution in [1.82, 2.24) is 15.1 Å². The Labute approximate surface area is 127 Å². The van der Waals surface area contributed by atoms with Crippen LogP contribution >= 0.6 is 12.2 Å². The van der Waals surface area contributed by atoms with Crippen LogP contribution in [0.1, 0.15) is 11.1 Å². The number of aryl methyl sites for hydroxylation is 2. The molecule has 2 heterocycles. The monoisotopic (exact) mass is 298 g/mol. The summed E-state index contributed by atoms with van der Waals surface area (Å²) in [4.78, 5) is 14.1. The number of nitrogens with zero attached hydrogens (tertiary/aromatic N) is 3. The van der Waals surface area contributed by atoms with Crippen LogP contribution in [0.4, 0.5) is 5.69 Å². The van der Waals surface area contributed by atoms with E-state index < -0.39 is 0 Å². The molecule has 2 aromatic rings. The van der Waals surface area contributed by atoms with Gasteiger partial charge in [-0.3, -0.25) is 14.4 Å². The number of hydrogen-bond acceptors (Lipinski definition) is 3. The van der Waals surface area contributed by atoms with Crippen LogP contribution in [0.5, 0.6) is 0 Å². The van der Waals surface area contributed by atoms with E-state index in [-0.39, 0.29) is 5.91 Å². The molecule has 0 atom stereocenters. The largest absolute Gasteiger partial charge is 0.327 e. The fourth-order valence-corrected chi connectivity index (χ4v) is 2.54. The van der Waals surface area contributed by atoms with Crippen molar-refractivity contribution in [1.29, 1.82) is 0 Å². The van der Waals surface area contributed by atoms with Crippen LogP contribution in [0.2, 0.25) is 0 Å². The van der Waals surface area contributed by atoms with E-state index >= 15 is 0 Å². The van der Waals surface area contributed by atoms with Crippen LogP contribution in [0, 0.1) is 6.92 Å². The van der Waals surface area contributed by atoms with E-state index in [4.69, 9.17) is 12.2 Å². The summed E-state index contributed by atoms with van der Waals surface area (Å²) in [5.74, 6) is -0.154. The first-order valence-corrected chi connectivity index (χ1v) is 6.88. The second-order valence-electron chi connectivity index (χ2n) is 4.86. The van der Waals surface area contributed by atoms with Crippen molar-refractivity contribution in [3.63, 3.8) is 0 Å². The SMILES string of the molecule is Cc1ccccc1N1C(=O)C(=Cc2cnn(C)c2)NC1=S. The first-order valence-electron chi connectivity index (χ1n) is 6.47. The third-order valence-corrected chi connectivity index (χ3v) is 3.56. The zero-order valence-corrected chi connectivity index (χ0v) is 12.5. The Morgan fingerprint density at radius 1 is 1.33 bits per heavy atom. The van der Waals surface area contributed by atoms with Crippen LogP contribution < -0.4 is 10.2 Å². The van der Waals surface area contributed by atoms with Gasteiger partial charge in [-0.25, -0.2) is 0 Å². The van der Waals surface area contributed by atoms with Crippen molar-refractivity contribution in [3.05, 3.63) is 53.5 Å². The summed E-state index contributed by atoms with van der Waals surface area (Å²) in [6, 6.07) is 7.66. The van der Waals surface area contributed by atoms with Crippen LogP contribution in [0.3, 0.4) is 0 Å². The lowest BCUT2D eigenvalue weighted by molar-refractivity contribution is -0.113. The van der Waals surface area contributed by atoms with Crippen LogP contribution in [0.15, 0.2) is 42.4 Å². The van der Waals surface area contributed by atoms with Crippen LogP contribution in [-0.2, 0) is 11.8 Å². The van der Waals surface area contributed by atoms with Gasteiger partial charge in [-0.05, 0) is 36.8 Å². The summed E-state index contributed by atoms with van der Waals surface area (Å²) in [5, 5.41) is 7.44. The molecule has 5 nitrogen and oxygen atoms in total. The Kier molecular flexibility index (Phi) is 3.31. The molecule has 6 heteroatoms. The lowest BCUT2D eigenvalue weighted by Crippen LogP contribution is -2.30. The Balaban J connectivity index is 1.96. The first-order chi connectivity index (χ1) is 10.1. The summed E-state index contributed by atoms with van der Waals surface area (Å²) in [6.45, 7) is 1.95.